The Morgan fingerprint density at radius 2 is 1.45 bits per heavy atom. The fourth-order valence-electron chi connectivity index (χ4n) is 5.12. The van der Waals surface area contributed by atoms with E-state index in [1.165, 1.54) is 53.9 Å². The summed E-state index contributed by atoms with van der Waals surface area (Å²) in [7, 11) is 0. The molecule has 0 saturated heterocycles. The van der Waals surface area contributed by atoms with Gasteiger partial charge >= 0.3 is 0 Å². The van der Waals surface area contributed by atoms with Gasteiger partial charge in [-0.25, -0.2) is 4.98 Å². The van der Waals surface area contributed by atoms with Crippen LogP contribution in [0.2, 0.25) is 0 Å². The van der Waals surface area contributed by atoms with Crippen LogP contribution in [0.1, 0.15) is 12.0 Å². The lowest BCUT2D eigenvalue weighted by Crippen LogP contribution is -2.10. The fourth-order valence-corrected chi connectivity index (χ4v) is 5.12. The number of allylic oxidation sites excluding steroid dienone is 1. The summed E-state index contributed by atoms with van der Waals surface area (Å²) in [6.07, 6.45) is 7.87. The monoisotopic (exact) mass is 367 g/mol. The van der Waals surface area contributed by atoms with Gasteiger partial charge in [0.25, 0.3) is 0 Å². The van der Waals surface area contributed by atoms with Gasteiger partial charge in [-0.15, -0.1) is 0 Å². The zero-order valence-electron chi connectivity index (χ0n) is 15.8. The van der Waals surface area contributed by atoms with Crippen LogP contribution in [0.15, 0.2) is 78.9 Å². The minimum absolute atomic E-state index is 0.983. The first kappa shape index (κ1) is 15.2. The van der Waals surface area contributed by atoms with E-state index in [4.69, 9.17) is 4.98 Å². The lowest BCUT2D eigenvalue weighted by atomic mass is 9.90. The summed E-state index contributed by atoms with van der Waals surface area (Å²) in [4.78, 5) is 5.07. The third-order valence-electron chi connectivity index (χ3n) is 6.38. The minimum Gasteiger partial charge on any atom is -0.248 e. The first-order valence-electron chi connectivity index (χ1n) is 10.1. The molecule has 134 valence electrons. The molecule has 1 heteroatoms. The van der Waals surface area contributed by atoms with Gasteiger partial charge < -0.3 is 0 Å². The number of hydrogen-bond donors (Lipinski definition) is 0. The number of aromatic nitrogens is 1. The Hall–Kier alpha value is -3.71. The molecule has 1 nitrogen and oxygen atoms in total. The highest BCUT2D eigenvalue weighted by atomic mass is 14.7. The van der Waals surface area contributed by atoms with Crippen molar-refractivity contribution >= 4 is 66.3 Å². The van der Waals surface area contributed by atoms with Crippen LogP contribution in [0.4, 0.5) is 0 Å². The number of benzene rings is 5. The summed E-state index contributed by atoms with van der Waals surface area (Å²) in [6, 6.07) is 26.4. The highest BCUT2D eigenvalue weighted by Crippen LogP contribution is 2.35. The maximum atomic E-state index is 5.07. The van der Waals surface area contributed by atoms with Gasteiger partial charge in [0.15, 0.2) is 0 Å². The van der Waals surface area contributed by atoms with Crippen LogP contribution in [0.5, 0.6) is 0 Å². The van der Waals surface area contributed by atoms with Crippen molar-refractivity contribution in [1.82, 2.24) is 4.98 Å². The van der Waals surface area contributed by atoms with Crippen LogP contribution in [0, 0.1) is 0 Å². The topological polar surface area (TPSA) is 12.9 Å². The molecule has 1 aliphatic rings. The second kappa shape index (κ2) is 5.42. The molecule has 5 aromatic carbocycles. The number of hydrogen-bond acceptors (Lipinski definition) is 1. The highest BCUT2D eigenvalue weighted by molar-refractivity contribution is 6.23. The van der Waals surface area contributed by atoms with Crippen molar-refractivity contribution in [2.45, 2.75) is 6.42 Å². The van der Waals surface area contributed by atoms with Crippen LogP contribution >= 0.6 is 0 Å². The Kier molecular flexibility index (Phi) is 2.85. The van der Waals surface area contributed by atoms with Crippen LogP contribution < -0.4 is 5.22 Å². The summed E-state index contributed by atoms with van der Waals surface area (Å²) in [5, 5.41) is 11.6. The van der Waals surface area contributed by atoms with Crippen LogP contribution in [-0.2, 0) is 0 Å². The summed E-state index contributed by atoms with van der Waals surface area (Å²) < 4.78 is 0. The van der Waals surface area contributed by atoms with Crippen LogP contribution in [0.25, 0.3) is 66.3 Å². The smallest absolute Gasteiger partial charge is 0.0722 e. The zero-order valence-corrected chi connectivity index (χ0v) is 15.8. The summed E-state index contributed by atoms with van der Waals surface area (Å²) in [5.41, 5.74) is 3.48. The molecule has 6 aromatic rings. The molecule has 7 rings (SSSR count). The second-order valence-electron chi connectivity index (χ2n) is 7.92. The average molecular weight is 367 g/mol. The van der Waals surface area contributed by atoms with Gasteiger partial charge in [-0.05, 0) is 67.7 Å². The lowest BCUT2D eigenvalue weighted by Gasteiger charge is -2.15. The van der Waals surface area contributed by atoms with Gasteiger partial charge in [-0.3, -0.25) is 0 Å². The number of rotatable bonds is 0. The maximum absolute atomic E-state index is 5.07. The van der Waals surface area contributed by atoms with E-state index in [0.717, 1.165) is 17.5 Å². The van der Waals surface area contributed by atoms with E-state index < -0.39 is 0 Å². The highest BCUT2D eigenvalue weighted by Gasteiger charge is 2.14. The van der Waals surface area contributed by atoms with E-state index in [-0.39, 0.29) is 0 Å². The molecular weight excluding hydrogens is 350 g/mol. The first-order chi connectivity index (χ1) is 14.4. The van der Waals surface area contributed by atoms with Gasteiger partial charge in [0.2, 0.25) is 0 Å². The molecule has 0 bridgehead atoms. The molecule has 0 N–H and O–H groups in total. The molecule has 29 heavy (non-hydrogen) atoms. The maximum Gasteiger partial charge on any atom is 0.0722 e. The van der Waals surface area contributed by atoms with E-state index >= 15 is 0 Å². The Morgan fingerprint density at radius 3 is 2.38 bits per heavy atom. The molecule has 0 spiro atoms. The minimum atomic E-state index is 0.983. The first-order valence-corrected chi connectivity index (χ1v) is 10.1. The van der Waals surface area contributed by atoms with Crippen LogP contribution in [0.3, 0.4) is 0 Å². The predicted octanol–water partition coefficient (Wildman–Crippen LogP) is 6.76. The Labute approximate surface area is 167 Å². The van der Waals surface area contributed by atoms with Gasteiger partial charge in [0.1, 0.15) is 0 Å². The van der Waals surface area contributed by atoms with Crippen molar-refractivity contribution in [2.75, 3.05) is 0 Å². The Bertz CT molecular complexity index is 1720. The van der Waals surface area contributed by atoms with Crippen LogP contribution in [-0.4, -0.2) is 4.98 Å². The van der Waals surface area contributed by atoms with Crippen molar-refractivity contribution in [3.63, 3.8) is 0 Å². The van der Waals surface area contributed by atoms with Gasteiger partial charge in [-0.2, -0.15) is 0 Å². The molecule has 0 saturated carbocycles. The van der Waals surface area contributed by atoms with Gasteiger partial charge in [-0.1, -0.05) is 72.8 Å². The molecule has 1 aromatic heterocycles. The molecule has 0 fully saturated rings. The van der Waals surface area contributed by atoms with Crippen molar-refractivity contribution < 1.29 is 0 Å². The van der Waals surface area contributed by atoms with Crippen molar-refractivity contribution in [3.8, 4) is 0 Å². The predicted molar refractivity (Wildman–Crippen MR) is 125 cm³/mol. The SMILES string of the molecule is C1=Cc2c(c3cc4nc5cccc6cccc(c4cc3c3ccccc23)c65)=CC1. The van der Waals surface area contributed by atoms with Crippen molar-refractivity contribution in [2.24, 2.45) is 0 Å². The molecule has 0 amide bonds. The largest absolute Gasteiger partial charge is 0.248 e. The summed E-state index contributed by atoms with van der Waals surface area (Å²) in [6.45, 7) is 0. The Balaban J connectivity index is 1.80. The molecule has 0 radical (unpaired) electrons. The zero-order chi connectivity index (χ0) is 18.9. The van der Waals surface area contributed by atoms with E-state index in [1.807, 2.05) is 0 Å². The standard InChI is InChI=1S/C28H17N/c1-3-11-20-18(9-1)19-10-2-4-12-21(19)24-16-27-25(15-23(20)24)22-13-5-7-17-8-6-14-26(29-27)28(17)22/h1-3,5-16H,4H2. The number of pyridine rings is 1. The lowest BCUT2D eigenvalue weighted by molar-refractivity contribution is 1.45. The molecule has 0 atom stereocenters. The number of nitrogens with zero attached hydrogens (tertiary/aromatic N) is 1. The quantitative estimate of drug-likeness (QED) is 0.213. The molecular formula is C28H17N. The van der Waals surface area contributed by atoms with Gasteiger partial charge in [0, 0.05) is 10.8 Å². The molecule has 0 unspecified atom stereocenters. The molecule has 0 aliphatic heterocycles. The average Bonchev–Trinajstić information content (AvgIpc) is 2.79. The molecule has 1 heterocycles. The number of fused-ring (bicyclic) bond motifs is 8. The fraction of sp³-hybridized carbons (Fsp3) is 0.0357. The van der Waals surface area contributed by atoms with Gasteiger partial charge in [0.05, 0.1) is 11.0 Å². The van der Waals surface area contributed by atoms with Crippen molar-refractivity contribution in [1.29, 1.82) is 0 Å². The third-order valence-corrected chi connectivity index (χ3v) is 6.38. The van der Waals surface area contributed by atoms with E-state index in [9.17, 15) is 0 Å². The van der Waals surface area contributed by atoms with Crippen molar-refractivity contribution in [3.05, 3.63) is 89.7 Å². The second-order valence-corrected chi connectivity index (χ2v) is 7.92. The molecule has 1 aliphatic carbocycles. The summed E-state index contributed by atoms with van der Waals surface area (Å²) in [5.74, 6) is 0. The third kappa shape index (κ3) is 1.97. The Morgan fingerprint density at radius 1 is 0.621 bits per heavy atom. The normalized spacial score (nSPS) is 13.5. The van der Waals surface area contributed by atoms with E-state index in [2.05, 4.69) is 91.0 Å². The van der Waals surface area contributed by atoms with E-state index in [1.54, 1.807) is 0 Å². The van der Waals surface area contributed by atoms with E-state index in [0.29, 0.717) is 0 Å². The summed E-state index contributed by atoms with van der Waals surface area (Å²) >= 11 is 0.